The van der Waals surface area contributed by atoms with Crippen LogP contribution >= 0.6 is 0 Å². The predicted octanol–water partition coefficient (Wildman–Crippen LogP) is 4.89. The van der Waals surface area contributed by atoms with Crippen LogP contribution < -0.4 is 5.32 Å². The molecule has 0 saturated heterocycles. The third-order valence-corrected chi connectivity index (χ3v) is 5.28. The summed E-state index contributed by atoms with van der Waals surface area (Å²) in [6, 6.07) is 6.68. The van der Waals surface area contributed by atoms with E-state index < -0.39 is 11.7 Å². The molecule has 0 unspecified atom stereocenters. The van der Waals surface area contributed by atoms with Gasteiger partial charge in [-0.15, -0.1) is 0 Å². The van der Waals surface area contributed by atoms with E-state index in [4.69, 9.17) is 0 Å². The number of hydrogen-bond donors (Lipinski definition) is 1. The van der Waals surface area contributed by atoms with Crippen molar-refractivity contribution in [3.8, 4) is 0 Å². The smallest absolute Gasteiger partial charge is 0.324 e. The first kappa shape index (κ1) is 19.4. The second-order valence-electron chi connectivity index (χ2n) is 7.66. The van der Waals surface area contributed by atoms with Crippen molar-refractivity contribution in [2.45, 2.75) is 52.3 Å². The number of alkyl halides is 3. The van der Waals surface area contributed by atoms with Gasteiger partial charge in [0.2, 0.25) is 5.91 Å². The molecule has 1 aromatic carbocycles. The molecule has 0 atom stereocenters. The second kappa shape index (κ2) is 6.86. The van der Waals surface area contributed by atoms with Gasteiger partial charge in [0, 0.05) is 17.3 Å². The van der Waals surface area contributed by atoms with Crippen LogP contribution in [-0.2, 0) is 17.5 Å². The van der Waals surface area contributed by atoms with E-state index in [0.717, 1.165) is 30.0 Å². The zero-order chi connectivity index (χ0) is 20.9. The molecule has 0 bridgehead atoms. The Hall–Kier alpha value is -2.90. The average molecular weight is 402 g/mol. The number of carbonyl (C=O) groups is 1. The maximum absolute atomic E-state index is 13.6. The molecule has 1 fully saturated rings. The number of nitrogens with one attached hydrogen (secondary N) is 1. The number of halogens is 3. The van der Waals surface area contributed by atoms with Gasteiger partial charge in [-0.05, 0) is 62.9 Å². The third kappa shape index (κ3) is 3.83. The maximum Gasteiger partial charge on any atom is 0.417 e. The Bertz CT molecular complexity index is 1110. The van der Waals surface area contributed by atoms with Gasteiger partial charge in [0.1, 0.15) is 6.54 Å². The summed E-state index contributed by atoms with van der Waals surface area (Å²) in [4.78, 5) is 17.0. The summed E-state index contributed by atoms with van der Waals surface area (Å²) in [5.41, 5.74) is 2.77. The third-order valence-electron chi connectivity index (χ3n) is 5.28. The summed E-state index contributed by atoms with van der Waals surface area (Å²) >= 11 is 0. The van der Waals surface area contributed by atoms with Gasteiger partial charge in [0.15, 0.2) is 5.65 Å². The molecule has 4 rings (SSSR count). The molecular weight excluding hydrogens is 381 g/mol. The van der Waals surface area contributed by atoms with Gasteiger partial charge in [-0.1, -0.05) is 6.07 Å². The van der Waals surface area contributed by atoms with Crippen molar-refractivity contribution in [3.05, 3.63) is 52.3 Å². The number of nitrogens with zero attached hydrogens (tertiary/aromatic N) is 3. The SMILES string of the molecule is Cc1ccc(NC(=O)Cn2nc(C)c3c(C(F)(F)F)cc(C4CC4)nc32)cc1C. The van der Waals surface area contributed by atoms with Crippen LogP contribution in [0.3, 0.4) is 0 Å². The van der Waals surface area contributed by atoms with Crippen molar-refractivity contribution in [2.75, 3.05) is 5.32 Å². The van der Waals surface area contributed by atoms with E-state index in [-0.39, 0.29) is 35.1 Å². The molecule has 1 aliphatic rings. The number of hydrogen-bond acceptors (Lipinski definition) is 3. The fourth-order valence-corrected chi connectivity index (χ4v) is 3.45. The molecule has 1 saturated carbocycles. The number of amides is 1. The van der Waals surface area contributed by atoms with Crippen molar-refractivity contribution >= 4 is 22.6 Å². The number of benzene rings is 1. The quantitative estimate of drug-likeness (QED) is 0.676. The Morgan fingerprint density at radius 2 is 1.90 bits per heavy atom. The highest BCUT2D eigenvalue weighted by Gasteiger charge is 2.37. The van der Waals surface area contributed by atoms with Crippen LogP contribution in [0.4, 0.5) is 18.9 Å². The second-order valence-corrected chi connectivity index (χ2v) is 7.66. The first-order valence-corrected chi connectivity index (χ1v) is 9.46. The number of fused-ring (bicyclic) bond motifs is 1. The summed E-state index contributed by atoms with van der Waals surface area (Å²) in [6.07, 6.45) is -2.85. The summed E-state index contributed by atoms with van der Waals surface area (Å²) < 4.78 is 42.2. The molecule has 1 amide bonds. The fraction of sp³-hybridized carbons (Fsp3) is 0.381. The van der Waals surface area contributed by atoms with Crippen molar-refractivity contribution in [1.82, 2.24) is 14.8 Å². The largest absolute Gasteiger partial charge is 0.417 e. The highest BCUT2D eigenvalue weighted by molar-refractivity contribution is 5.92. The Balaban J connectivity index is 1.69. The van der Waals surface area contributed by atoms with Crippen molar-refractivity contribution in [3.63, 3.8) is 0 Å². The average Bonchev–Trinajstić information content (AvgIpc) is 3.43. The lowest BCUT2D eigenvalue weighted by Crippen LogP contribution is -2.20. The van der Waals surface area contributed by atoms with E-state index in [1.165, 1.54) is 11.6 Å². The van der Waals surface area contributed by atoms with Crippen LogP contribution in [0, 0.1) is 20.8 Å². The highest BCUT2D eigenvalue weighted by atomic mass is 19.4. The maximum atomic E-state index is 13.6. The number of aryl methyl sites for hydroxylation is 3. The van der Waals surface area contributed by atoms with Crippen molar-refractivity contribution in [2.24, 2.45) is 0 Å². The molecule has 29 heavy (non-hydrogen) atoms. The minimum Gasteiger partial charge on any atom is -0.324 e. The van der Waals surface area contributed by atoms with E-state index >= 15 is 0 Å². The molecule has 0 radical (unpaired) electrons. The monoisotopic (exact) mass is 402 g/mol. The van der Waals surface area contributed by atoms with Crippen molar-refractivity contribution in [1.29, 1.82) is 0 Å². The summed E-state index contributed by atoms with van der Waals surface area (Å²) in [5, 5.41) is 6.93. The summed E-state index contributed by atoms with van der Waals surface area (Å²) in [7, 11) is 0. The number of aromatic nitrogens is 3. The zero-order valence-corrected chi connectivity index (χ0v) is 16.4. The minimum absolute atomic E-state index is 0.0409. The highest BCUT2D eigenvalue weighted by Crippen LogP contribution is 2.43. The Morgan fingerprint density at radius 3 is 2.52 bits per heavy atom. The molecule has 2 heterocycles. The summed E-state index contributed by atoms with van der Waals surface area (Å²) in [6.45, 7) is 5.21. The Labute approximate surface area is 165 Å². The first-order chi connectivity index (χ1) is 13.6. The predicted molar refractivity (Wildman–Crippen MR) is 104 cm³/mol. The van der Waals surface area contributed by atoms with Gasteiger partial charge in [-0.2, -0.15) is 18.3 Å². The lowest BCUT2D eigenvalue weighted by atomic mass is 10.1. The van der Waals surface area contributed by atoms with E-state index in [1.807, 2.05) is 26.0 Å². The van der Waals surface area contributed by atoms with Gasteiger partial charge < -0.3 is 5.32 Å². The molecule has 152 valence electrons. The molecule has 3 aromatic rings. The molecule has 8 heteroatoms. The molecule has 0 aliphatic heterocycles. The molecule has 0 spiro atoms. The Kier molecular flexibility index (Phi) is 4.59. The van der Waals surface area contributed by atoms with Crippen LogP contribution in [0.15, 0.2) is 24.3 Å². The van der Waals surface area contributed by atoms with E-state index in [1.54, 1.807) is 6.07 Å². The van der Waals surface area contributed by atoms with Gasteiger partial charge >= 0.3 is 6.18 Å². The van der Waals surface area contributed by atoms with Crippen molar-refractivity contribution < 1.29 is 18.0 Å². The first-order valence-electron chi connectivity index (χ1n) is 9.46. The molecule has 1 aliphatic carbocycles. The number of anilines is 1. The number of carbonyl (C=O) groups excluding carboxylic acids is 1. The van der Waals surface area contributed by atoms with Crippen LogP contribution in [0.1, 0.15) is 46.8 Å². The standard InChI is InChI=1S/C21H21F3N4O/c1-11-4-7-15(8-12(11)2)25-18(29)10-28-20-19(13(3)27-28)16(21(22,23)24)9-17(26-20)14-5-6-14/h4,7-9,14H,5-6,10H2,1-3H3,(H,25,29). The fourth-order valence-electron chi connectivity index (χ4n) is 3.45. The molecule has 5 nitrogen and oxygen atoms in total. The van der Waals surface area contributed by atoms with Gasteiger partial charge in [0.05, 0.1) is 16.6 Å². The minimum atomic E-state index is -4.51. The lowest BCUT2D eigenvalue weighted by Gasteiger charge is -2.11. The van der Waals surface area contributed by atoms with Crippen LogP contribution in [0.2, 0.25) is 0 Å². The van der Waals surface area contributed by atoms with Gasteiger partial charge in [-0.25, -0.2) is 9.67 Å². The van der Waals surface area contributed by atoms with E-state index in [2.05, 4.69) is 15.4 Å². The number of pyridine rings is 1. The topological polar surface area (TPSA) is 59.8 Å². The van der Waals surface area contributed by atoms with E-state index in [0.29, 0.717) is 11.4 Å². The Morgan fingerprint density at radius 1 is 1.17 bits per heavy atom. The van der Waals surface area contributed by atoms with Crippen LogP contribution in [0.5, 0.6) is 0 Å². The summed E-state index contributed by atoms with van der Waals surface area (Å²) in [5.74, 6) is -0.321. The molecule has 2 aromatic heterocycles. The van der Waals surface area contributed by atoms with Crippen LogP contribution in [0.25, 0.3) is 11.0 Å². The zero-order valence-electron chi connectivity index (χ0n) is 16.4. The lowest BCUT2D eigenvalue weighted by molar-refractivity contribution is -0.136. The van der Waals surface area contributed by atoms with Crippen LogP contribution in [-0.4, -0.2) is 20.7 Å². The van der Waals surface area contributed by atoms with E-state index in [9.17, 15) is 18.0 Å². The normalized spacial score (nSPS) is 14.4. The van der Waals surface area contributed by atoms with Gasteiger partial charge in [-0.3, -0.25) is 4.79 Å². The van der Waals surface area contributed by atoms with Gasteiger partial charge in [0.25, 0.3) is 0 Å². The molecular formula is C21H21F3N4O. The number of rotatable bonds is 4. The molecule has 1 N–H and O–H groups in total.